The topological polar surface area (TPSA) is 41.5 Å². The minimum Gasteiger partial charge on any atom is -0.394 e. The Morgan fingerprint density at radius 3 is 3.08 bits per heavy atom. The van der Waals surface area contributed by atoms with E-state index in [0.29, 0.717) is 19.3 Å². The van der Waals surface area contributed by atoms with Crippen LogP contribution in [-0.2, 0) is 4.74 Å². The third kappa shape index (κ3) is 5.52. The van der Waals surface area contributed by atoms with Crippen LogP contribution in [0.5, 0.6) is 0 Å². The predicted octanol–water partition coefficient (Wildman–Crippen LogP) is 0.480. The normalized spacial score (nSPS) is 23.3. The standard InChI is InChI=1S/C9H19NO2S/c11-4-6-12-5-3-10-9-2-1-7-13-8-9/h9-11H,1-8H2. The van der Waals surface area contributed by atoms with Crippen LogP contribution >= 0.6 is 11.8 Å². The molecular formula is C9H19NO2S. The molecule has 0 aromatic carbocycles. The van der Waals surface area contributed by atoms with Gasteiger partial charge in [0.05, 0.1) is 19.8 Å². The Morgan fingerprint density at radius 1 is 1.46 bits per heavy atom. The quantitative estimate of drug-likeness (QED) is 0.619. The highest BCUT2D eigenvalue weighted by Gasteiger charge is 2.11. The monoisotopic (exact) mass is 205 g/mol. The molecule has 1 heterocycles. The Labute approximate surface area is 84.2 Å². The highest BCUT2D eigenvalue weighted by molar-refractivity contribution is 7.99. The highest BCUT2D eigenvalue weighted by atomic mass is 32.2. The Bertz CT molecular complexity index is 118. The number of hydrogen-bond donors (Lipinski definition) is 2. The van der Waals surface area contributed by atoms with Crippen molar-refractivity contribution in [1.29, 1.82) is 0 Å². The molecule has 1 atom stereocenters. The van der Waals surface area contributed by atoms with E-state index in [4.69, 9.17) is 9.84 Å². The lowest BCUT2D eigenvalue weighted by molar-refractivity contribution is 0.0927. The summed E-state index contributed by atoms with van der Waals surface area (Å²) in [5, 5.41) is 11.9. The van der Waals surface area contributed by atoms with Gasteiger partial charge in [-0.15, -0.1) is 0 Å². The van der Waals surface area contributed by atoms with Crippen LogP contribution in [0, 0.1) is 0 Å². The SMILES string of the molecule is OCCOCCNC1CCCSC1. The first-order valence-electron chi connectivity index (χ1n) is 4.93. The second-order valence-corrected chi connectivity index (χ2v) is 4.35. The van der Waals surface area contributed by atoms with Gasteiger partial charge in [0.2, 0.25) is 0 Å². The first kappa shape index (κ1) is 11.3. The van der Waals surface area contributed by atoms with Gasteiger partial charge in [-0.05, 0) is 18.6 Å². The molecule has 78 valence electrons. The van der Waals surface area contributed by atoms with Crippen molar-refractivity contribution in [3.8, 4) is 0 Å². The Hall–Kier alpha value is 0.230. The summed E-state index contributed by atoms with van der Waals surface area (Å²) in [6.07, 6.45) is 2.63. The molecule has 1 fully saturated rings. The fraction of sp³-hybridized carbons (Fsp3) is 1.00. The molecule has 0 aromatic heterocycles. The number of ether oxygens (including phenoxy) is 1. The van der Waals surface area contributed by atoms with Crippen LogP contribution in [0.2, 0.25) is 0 Å². The fourth-order valence-corrected chi connectivity index (χ4v) is 2.51. The van der Waals surface area contributed by atoms with E-state index in [0.717, 1.165) is 6.54 Å². The first-order chi connectivity index (χ1) is 6.43. The molecule has 0 bridgehead atoms. The van der Waals surface area contributed by atoms with E-state index in [1.807, 2.05) is 11.8 Å². The molecule has 2 N–H and O–H groups in total. The van der Waals surface area contributed by atoms with E-state index in [1.54, 1.807) is 0 Å². The third-order valence-corrected chi connectivity index (χ3v) is 3.29. The van der Waals surface area contributed by atoms with Gasteiger partial charge in [-0.1, -0.05) is 0 Å². The summed E-state index contributed by atoms with van der Waals surface area (Å²) in [7, 11) is 0. The van der Waals surface area contributed by atoms with Crippen LogP contribution in [0.15, 0.2) is 0 Å². The molecule has 0 aromatic rings. The highest BCUT2D eigenvalue weighted by Crippen LogP contribution is 2.16. The zero-order valence-corrected chi connectivity index (χ0v) is 8.81. The van der Waals surface area contributed by atoms with Crippen molar-refractivity contribution in [2.24, 2.45) is 0 Å². The smallest absolute Gasteiger partial charge is 0.0698 e. The van der Waals surface area contributed by atoms with Crippen molar-refractivity contribution < 1.29 is 9.84 Å². The lowest BCUT2D eigenvalue weighted by atomic mass is 10.2. The van der Waals surface area contributed by atoms with Crippen molar-refractivity contribution in [3.05, 3.63) is 0 Å². The summed E-state index contributed by atoms with van der Waals surface area (Å²) in [5.74, 6) is 2.55. The van der Waals surface area contributed by atoms with Crippen LogP contribution in [0.1, 0.15) is 12.8 Å². The number of aliphatic hydroxyl groups excluding tert-OH is 1. The van der Waals surface area contributed by atoms with E-state index in [9.17, 15) is 0 Å². The zero-order valence-electron chi connectivity index (χ0n) is 8.00. The van der Waals surface area contributed by atoms with Gasteiger partial charge in [0.15, 0.2) is 0 Å². The molecular weight excluding hydrogens is 186 g/mol. The minimum atomic E-state index is 0.124. The Kier molecular flexibility index (Phi) is 6.62. The van der Waals surface area contributed by atoms with E-state index in [1.165, 1.54) is 24.3 Å². The molecule has 1 aliphatic rings. The van der Waals surface area contributed by atoms with Crippen molar-refractivity contribution in [1.82, 2.24) is 5.32 Å². The molecule has 1 rings (SSSR count). The minimum absolute atomic E-state index is 0.124. The average Bonchev–Trinajstić information content (AvgIpc) is 2.19. The van der Waals surface area contributed by atoms with E-state index < -0.39 is 0 Å². The van der Waals surface area contributed by atoms with Crippen LogP contribution in [0.3, 0.4) is 0 Å². The fourth-order valence-electron chi connectivity index (χ4n) is 1.40. The largest absolute Gasteiger partial charge is 0.394 e. The van der Waals surface area contributed by atoms with Crippen molar-refractivity contribution in [3.63, 3.8) is 0 Å². The van der Waals surface area contributed by atoms with Crippen molar-refractivity contribution in [2.75, 3.05) is 37.9 Å². The molecule has 3 nitrogen and oxygen atoms in total. The zero-order chi connectivity index (χ0) is 9.36. The van der Waals surface area contributed by atoms with E-state index >= 15 is 0 Å². The van der Waals surface area contributed by atoms with Gasteiger partial charge in [0.25, 0.3) is 0 Å². The number of rotatable bonds is 6. The van der Waals surface area contributed by atoms with Gasteiger partial charge in [0.1, 0.15) is 0 Å². The summed E-state index contributed by atoms with van der Waals surface area (Å²) < 4.78 is 5.15. The summed E-state index contributed by atoms with van der Waals surface area (Å²) in [4.78, 5) is 0. The molecule has 0 saturated carbocycles. The Morgan fingerprint density at radius 2 is 2.38 bits per heavy atom. The summed E-state index contributed by atoms with van der Waals surface area (Å²) in [6.45, 7) is 2.20. The number of aliphatic hydroxyl groups is 1. The first-order valence-corrected chi connectivity index (χ1v) is 6.08. The lowest BCUT2D eigenvalue weighted by Gasteiger charge is -2.22. The molecule has 1 unspecified atom stereocenters. The second-order valence-electron chi connectivity index (χ2n) is 3.20. The number of hydrogen-bond acceptors (Lipinski definition) is 4. The third-order valence-electron chi connectivity index (χ3n) is 2.08. The molecule has 1 aliphatic heterocycles. The van der Waals surface area contributed by atoms with Crippen molar-refractivity contribution in [2.45, 2.75) is 18.9 Å². The van der Waals surface area contributed by atoms with E-state index in [-0.39, 0.29) is 6.61 Å². The number of nitrogens with one attached hydrogen (secondary N) is 1. The molecule has 4 heteroatoms. The van der Waals surface area contributed by atoms with Gasteiger partial charge >= 0.3 is 0 Å². The maximum Gasteiger partial charge on any atom is 0.0698 e. The maximum atomic E-state index is 8.47. The van der Waals surface area contributed by atoms with Gasteiger partial charge in [0, 0.05) is 18.3 Å². The van der Waals surface area contributed by atoms with Crippen LogP contribution in [0.25, 0.3) is 0 Å². The van der Waals surface area contributed by atoms with Gasteiger partial charge in [-0.2, -0.15) is 11.8 Å². The van der Waals surface area contributed by atoms with Crippen LogP contribution in [0.4, 0.5) is 0 Å². The predicted molar refractivity (Wildman–Crippen MR) is 56.3 cm³/mol. The molecule has 0 spiro atoms. The summed E-state index contributed by atoms with van der Waals surface area (Å²) in [5.41, 5.74) is 0. The molecule has 0 aliphatic carbocycles. The van der Waals surface area contributed by atoms with E-state index in [2.05, 4.69) is 5.32 Å². The van der Waals surface area contributed by atoms with Crippen molar-refractivity contribution >= 4 is 11.8 Å². The molecule has 13 heavy (non-hydrogen) atoms. The maximum absolute atomic E-state index is 8.47. The Balaban J connectivity index is 1.86. The van der Waals surface area contributed by atoms with Crippen LogP contribution < -0.4 is 5.32 Å². The number of thioether (sulfide) groups is 1. The van der Waals surface area contributed by atoms with Crippen LogP contribution in [-0.4, -0.2) is 49.0 Å². The average molecular weight is 205 g/mol. The summed E-state index contributed by atoms with van der Waals surface area (Å²) in [6, 6.07) is 0.677. The second kappa shape index (κ2) is 7.62. The summed E-state index contributed by atoms with van der Waals surface area (Å²) >= 11 is 2.03. The van der Waals surface area contributed by atoms with Gasteiger partial charge < -0.3 is 15.2 Å². The lowest BCUT2D eigenvalue weighted by Crippen LogP contribution is -2.36. The molecule has 1 saturated heterocycles. The van der Waals surface area contributed by atoms with Gasteiger partial charge in [-0.3, -0.25) is 0 Å². The molecule has 0 amide bonds. The van der Waals surface area contributed by atoms with Gasteiger partial charge in [-0.25, -0.2) is 0 Å². The molecule has 0 radical (unpaired) electrons.